The predicted molar refractivity (Wildman–Crippen MR) is 71.8 cm³/mol. The van der Waals surface area contributed by atoms with Gasteiger partial charge in [-0.25, -0.2) is 0 Å². The van der Waals surface area contributed by atoms with Gasteiger partial charge in [0.2, 0.25) is 0 Å². The number of ether oxygens (including phenoxy) is 1. The van der Waals surface area contributed by atoms with Crippen molar-refractivity contribution in [2.75, 3.05) is 13.2 Å². The number of unbranched alkanes of at least 4 members (excludes halogenated alkanes) is 1. The molecule has 1 atom stereocenters. The van der Waals surface area contributed by atoms with E-state index in [1.165, 1.54) is 6.42 Å². The lowest BCUT2D eigenvalue weighted by Crippen LogP contribution is -2.36. The highest BCUT2D eigenvalue weighted by atomic mass is 16.5. The molecule has 0 saturated carbocycles. The molecule has 0 aromatic carbocycles. The summed E-state index contributed by atoms with van der Waals surface area (Å²) in [5.74, 6) is 0. The van der Waals surface area contributed by atoms with Crippen LogP contribution in [0.1, 0.15) is 53.4 Å². The van der Waals surface area contributed by atoms with Gasteiger partial charge in [0, 0.05) is 12.1 Å². The number of hydrogen-bond donors (Lipinski definition) is 1. The van der Waals surface area contributed by atoms with E-state index in [1.54, 1.807) is 0 Å². The first-order valence-corrected chi connectivity index (χ1v) is 6.43. The predicted octanol–water partition coefficient (Wildman–Crippen LogP) is 3.53. The average Bonchev–Trinajstić information content (AvgIpc) is 2.18. The van der Waals surface area contributed by atoms with Crippen molar-refractivity contribution in [1.82, 2.24) is 5.32 Å². The summed E-state index contributed by atoms with van der Waals surface area (Å²) < 4.78 is 5.70. The smallest absolute Gasteiger partial charge is 0.0547 e. The van der Waals surface area contributed by atoms with E-state index in [2.05, 4.69) is 39.6 Å². The Hall–Kier alpha value is -0.340. The van der Waals surface area contributed by atoms with Crippen LogP contribution in [0.5, 0.6) is 0 Å². The molecule has 1 N–H and O–H groups in total. The third kappa shape index (κ3) is 11.7. The van der Waals surface area contributed by atoms with Gasteiger partial charge in [0.05, 0.1) is 6.10 Å². The summed E-state index contributed by atoms with van der Waals surface area (Å²) >= 11 is 0. The molecule has 96 valence electrons. The maximum Gasteiger partial charge on any atom is 0.0547 e. The summed E-state index contributed by atoms with van der Waals surface area (Å²) in [4.78, 5) is 0. The first kappa shape index (κ1) is 15.7. The Bertz CT molecular complexity index is 172. The van der Waals surface area contributed by atoms with Crippen LogP contribution >= 0.6 is 0 Å². The zero-order chi connectivity index (χ0) is 12.4. The first-order valence-electron chi connectivity index (χ1n) is 6.43. The molecular weight excluding hydrogens is 198 g/mol. The molecule has 0 saturated heterocycles. The van der Waals surface area contributed by atoms with Gasteiger partial charge in [0.25, 0.3) is 0 Å². The molecule has 2 nitrogen and oxygen atoms in total. The second-order valence-corrected chi connectivity index (χ2v) is 5.43. The lowest BCUT2D eigenvalue weighted by molar-refractivity contribution is 0.0575. The zero-order valence-electron chi connectivity index (χ0n) is 11.5. The molecule has 2 heteroatoms. The molecule has 16 heavy (non-hydrogen) atoms. The van der Waals surface area contributed by atoms with Crippen molar-refractivity contribution in [1.29, 1.82) is 0 Å². The highest BCUT2D eigenvalue weighted by molar-refractivity contribution is 4.70. The van der Waals surface area contributed by atoms with Gasteiger partial charge in [-0.15, -0.1) is 6.58 Å². The van der Waals surface area contributed by atoms with Crippen LogP contribution in [0.2, 0.25) is 0 Å². The Kier molecular flexibility index (Phi) is 8.58. The quantitative estimate of drug-likeness (QED) is 0.480. The second kappa shape index (κ2) is 8.77. The van der Waals surface area contributed by atoms with Crippen molar-refractivity contribution in [3.05, 3.63) is 12.7 Å². The lowest BCUT2D eigenvalue weighted by Gasteiger charge is -2.21. The molecule has 1 unspecified atom stereocenters. The number of allylic oxidation sites excluding steroid dienone is 1. The first-order chi connectivity index (χ1) is 7.45. The van der Waals surface area contributed by atoms with Gasteiger partial charge < -0.3 is 10.1 Å². The molecule has 0 aliphatic carbocycles. The van der Waals surface area contributed by atoms with Gasteiger partial charge >= 0.3 is 0 Å². The Morgan fingerprint density at radius 2 is 2.00 bits per heavy atom. The Balaban J connectivity index is 3.30. The normalized spacial score (nSPS) is 13.8. The van der Waals surface area contributed by atoms with Gasteiger partial charge in [-0.05, 0) is 59.9 Å². The summed E-state index contributed by atoms with van der Waals surface area (Å²) in [5.41, 5.74) is 0.230. The van der Waals surface area contributed by atoms with Crippen molar-refractivity contribution >= 4 is 0 Å². The summed E-state index contributed by atoms with van der Waals surface area (Å²) in [6.07, 6.45) is 6.79. The second-order valence-electron chi connectivity index (χ2n) is 5.43. The standard InChI is InChI=1S/C14H29NO/c1-6-7-8-12-16-13(2)10-9-11-15-14(3,4)5/h6,13,15H,1,7-12H2,2-5H3. The molecule has 0 aromatic rings. The average molecular weight is 227 g/mol. The number of hydrogen-bond acceptors (Lipinski definition) is 2. The molecule has 0 aliphatic rings. The highest BCUT2D eigenvalue weighted by Gasteiger charge is 2.08. The van der Waals surface area contributed by atoms with Crippen LogP contribution < -0.4 is 5.32 Å². The van der Waals surface area contributed by atoms with E-state index in [1.807, 2.05) is 6.08 Å². The van der Waals surface area contributed by atoms with Crippen LogP contribution in [0, 0.1) is 0 Å². The topological polar surface area (TPSA) is 21.3 Å². The Morgan fingerprint density at radius 3 is 2.56 bits per heavy atom. The fraction of sp³-hybridized carbons (Fsp3) is 0.857. The monoisotopic (exact) mass is 227 g/mol. The van der Waals surface area contributed by atoms with Crippen LogP contribution in [-0.2, 0) is 4.74 Å². The SMILES string of the molecule is C=CCCCOC(C)CCCNC(C)(C)C. The lowest BCUT2D eigenvalue weighted by atomic mass is 10.1. The van der Waals surface area contributed by atoms with E-state index in [0.29, 0.717) is 6.10 Å². The molecule has 0 fully saturated rings. The van der Waals surface area contributed by atoms with Gasteiger partial charge in [-0.1, -0.05) is 6.08 Å². The minimum absolute atomic E-state index is 0.230. The maximum atomic E-state index is 5.70. The molecule has 0 rings (SSSR count). The van der Waals surface area contributed by atoms with Crippen LogP contribution in [0.3, 0.4) is 0 Å². The van der Waals surface area contributed by atoms with Crippen LogP contribution in [0.25, 0.3) is 0 Å². The van der Waals surface area contributed by atoms with Crippen LogP contribution in [0.4, 0.5) is 0 Å². The molecule has 0 heterocycles. The molecule has 0 amide bonds. The third-order valence-electron chi connectivity index (χ3n) is 2.40. The largest absolute Gasteiger partial charge is 0.378 e. The van der Waals surface area contributed by atoms with Crippen molar-refractivity contribution in [2.45, 2.75) is 65.0 Å². The van der Waals surface area contributed by atoms with E-state index in [4.69, 9.17) is 4.74 Å². The zero-order valence-corrected chi connectivity index (χ0v) is 11.5. The molecule has 0 bridgehead atoms. The van der Waals surface area contributed by atoms with Gasteiger partial charge in [-0.3, -0.25) is 0 Å². The molecule has 0 aliphatic heterocycles. The number of nitrogens with one attached hydrogen (secondary N) is 1. The fourth-order valence-electron chi connectivity index (χ4n) is 1.45. The summed E-state index contributed by atoms with van der Waals surface area (Å²) in [7, 11) is 0. The van der Waals surface area contributed by atoms with Gasteiger partial charge in [0.15, 0.2) is 0 Å². The van der Waals surface area contributed by atoms with Crippen molar-refractivity contribution < 1.29 is 4.74 Å². The maximum absolute atomic E-state index is 5.70. The fourth-order valence-corrected chi connectivity index (χ4v) is 1.45. The number of rotatable bonds is 9. The Labute approximate surface area is 101 Å². The Morgan fingerprint density at radius 1 is 1.31 bits per heavy atom. The molecule has 0 radical (unpaired) electrons. The minimum Gasteiger partial charge on any atom is -0.378 e. The molecule has 0 aromatic heterocycles. The highest BCUT2D eigenvalue weighted by Crippen LogP contribution is 2.04. The summed E-state index contributed by atoms with van der Waals surface area (Å²) in [6.45, 7) is 14.4. The van der Waals surface area contributed by atoms with Crippen LogP contribution in [-0.4, -0.2) is 24.8 Å². The third-order valence-corrected chi connectivity index (χ3v) is 2.40. The molecule has 0 spiro atoms. The van der Waals surface area contributed by atoms with Crippen molar-refractivity contribution in [2.24, 2.45) is 0 Å². The van der Waals surface area contributed by atoms with E-state index < -0.39 is 0 Å². The minimum atomic E-state index is 0.230. The van der Waals surface area contributed by atoms with Crippen molar-refractivity contribution in [3.63, 3.8) is 0 Å². The van der Waals surface area contributed by atoms with Gasteiger partial charge in [0.1, 0.15) is 0 Å². The van der Waals surface area contributed by atoms with E-state index in [9.17, 15) is 0 Å². The van der Waals surface area contributed by atoms with E-state index >= 15 is 0 Å². The summed E-state index contributed by atoms with van der Waals surface area (Å²) in [5, 5.41) is 3.48. The van der Waals surface area contributed by atoms with Gasteiger partial charge in [-0.2, -0.15) is 0 Å². The molecular formula is C14H29NO. The van der Waals surface area contributed by atoms with E-state index in [-0.39, 0.29) is 5.54 Å². The van der Waals surface area contributed by atoms with E-state index in [0.717, 1.165) is 32.4 Å². The summed E-state index contributed by atoms with van der Waals surface area (Å²) in [6, 6.07) is 0. The van der Waals surface area contributed by atoms with Crippen LogP contribution in [0.15, 0.2) is 12.7 Å². The van der Waals surface area contributed by atoms with Crippen molar-refractivity contribution in [3.8, 4) is 0 Å².